The summed E-state index contributed by atoms with van der Waals surface area (Å²) in [6.07, 6.45) is 4.02. The van der Waals surface area contributed by atoms with E-state index >= 15 is 0 Å². The third-order valence-electron chi connectivity index (χ3n) is 1.64. The van der Waals surface area contributed by atoms with Crippen molar-refractivity contribution in [3.05, 3.63) is 21.7 Å². The summed E-state index contributed by atoms with van der Waals surface area (Å²) in [5.41, 5.74) is 1.12. The van der Waals surface area contributed by atoms with Gasteiger partial charge in [0, 0.05) is 11.6 Å². The maximum atomic E-state index is 5.95. The molecule has 0 aromatic heterocycles. The van der Waals surface area contributed by atoms with Gasteiger partial charge in [-0.2, -0.15) is 0 Å². The fourth-order valence-electron chi connectivity index (χ4n) is 1.09. The molecule has 0 aliphatic heterocycles. The first-order chi connectivity index (χ1) is 5.25. The molecule has 0 amide bonds. The molecule has 1 aliphatic carbocycles. The highest BCUT2D eigenvalue weighted by atomic mass is 35.5. The van der Waals surface area contributed by atoms with Crippen LogP contribution >= 0.6 is 23.2 Å². The molecular formula is C8H11Cl2N. The molecule has 1 rings (SSSR count). The first-order valence-electron chi connectivity index (χ1n) is 3.64. The van der Waals surface area contributed by atoms with Gasteiger partial charge in [0.05, 0.1) is 5.03 Å². The molecule has 0 saturated heterocycles. The van der Waals surface area contributed by atoms with Gasteiger partial charge in [-0.1, -0.05) is 29.3 Å². The highest BCUT2D eigenvalue weighted by Crippen LogP contribution is 2.29. The minimum absolute atomic E-state index is 0.729. The van der Waals surface area contributed by atoms with Crippen LogP contribution in [0.2, 0.25) is 0 Å². The van der Waals surface area contributed by atoms with Crippen LogP contribution in [0.1, 0.15) is 12.8 Å². The van der Waals surface area contributed by atoms with E-state index in [0.717, 1.165) is 35.0 Å². The number of hydrogen-bond donors (Lipinski definition) is 1. The Morgan fingerprint density at radius 1 is 1.55 bits per heavy atom. The van der Waals surface area contributed by atoms with Gasteiger partial charge in [-0.3, -0.25) is 0 Å². The maximum absolute atomic E-state index is 5.95. The molecule has 0 atom stereocenters. The first kappa shape index (κ1) is 9.11. The van der Waals surface area contributed by atoms with Crippen LogP contribution in [0.4, 0.5) is 0 Å². The van der Waals surface area contributed by atoms with Crippen molar-refractivity contribution < 1.29 is 0 Å². The Labute approximate surface area is 77.1 Å². The Kier molecular flexibility index (Phi) is 3.44. The molecule has 0 spiro atoms. The molecule has 0 unspecified atom stereocenters. The summed E-state index contributed by atoms with van der Waals surface area (Å²) >= 11 is 11.8. The second kappa shape index (κ2) is 4.15. The maximum Gasteiger partial charge on any atom is 0.0592 e. The molecule has 3 heteroatoms. The summed E-state index contributed by atoms with van der Waals surface area (Å²) in [5.74, 6) is 0. The van der Waals surface area contributed by atoms with E-state index < -0.39 is 0 Å². The van der Waals surface area contributed by atoms with Gasteiger partial charge in [-0.15, -0.1) is 0 Å². The van der Waals surface area contributed by atoms with Crippen molar-refractivity contribution in [2.75, 3.05) is 13.6 Å². The van der Waals surface area contributed by atoms with Gasteiger partial charge in [-0.05, 0) is 25.5 Å². The minimum atomic E-state index is 0.729. The third kappa shape index (κ3) is 2.22. The molecule has 1 aliphatic rings. The summed E-state index contributed by atoms with van der Waals surface area (Å²) in [4.78, 5) is 0. The lowest BCUT2D eigenvalue weighted by atomic mass is 10.1. The molecule has 62 valence electrons. The van der Waals surface area contributed by atoms with Crippen LogP contribution in [0.15, 0.2) is 21.7 Å². The summed E-state index contributed by atoms with van der Waals surface area (Å²) < 4.78 is 0. The largest absolute Gasteiger partial charge is 0.316 e. The van der Waals surface area contributed by atoms with E-state index in [-0.39, 0.29) is 0 Å². The Balaban J connectivity index is 2.71. The number of halogens is 2. The van der Waals surface area contributed by atoms with Crippen molar-refractivity contribution in [3.8, 4) is 0 Å². The van der Waals surface area contributed by atoms with E-state index in [0.29, 0.717) is 0 Å². The molecule has 11 heavy (non-hydrogen) atoms. The normalized spacial score (nSPS) is 18.6. The van der Waals surface area contributed by atoms with Crippen molar-refractivity contribution in [1.82, 2.24) is 5.32 Å². The molecule has 0 bridgehead atoms. The molecule has 0 aromatic carbocycles. The van der Waals surface area contributed by atoms with E-state index in [4.69, 9.17) is 23.2 Å². The molecule has 0 fully saturated rings. The molecule has 1 N–H and O–H groups in total. The zero-order chi connectivity index (χ0) is 8.27. The van der Waals surface area contributed by atoms with Crippen LogP contribution < -0.4 is 5.32 Å². The van der Waals surface area contributed by atoms with Crippen LogP contribution in [-0.4, -0.2) is 13.6 Å². The predicted molar refractivity (Wildman–Crippen MR) is 50.0 cm³/mol. The van der Waals surface area contributed by atoms with Gasteiger partial charge in [0.2, 0.25) is 0 Å². The number of allylic oxidation sites excluding steroid dienone is 2. The molecule has 1 nitrogen and oxygen atoms in total. The van der Waals surface area contributed by atoms with Crippen LogP contribution in [0.3, 0.4) is 0 Å². The van der Waals surface area contributed by atoms with Crippen LogP contribution in [0, 0.1) is 0 Å². The molecule has 0 heterocycles. The predicted octanol–water partition coefficient (Wildman–Crippen LogP) is 2.62. The van der Waals surface area contributed by atoms with Crippen molar-refractivity contribution >= 4 is 23.2 Å². The van der Waals surface area contributed by atoms with E-state index in [1.165, 1.54) is 0 Å². The lowest BCUT2D eigenvalue weighted by molar-refractivity contribution is 0.866. The van der Waals surface area contributed by atoms with E-state index in [1.54, 1.807) is 0 Å². The molecule has 0 aromatic rings. The summed E-state index contributed by atoms with van der Waals surface area (Å²) in [5, 5.41) is 4.56. The van der Waals surface area contributed by atoms with E-state index in [9.17, 15) is 0 Å². The van der Waals surface area contributed by atoms with Gasteiger partial charge in [0.25, 0.3) is 0 Å². The highest BCUT2D eigenvalue weighted by Gasteiger charge is 2.11. The fraction of sp³-hybridized carbons (Fsp3) is 0.500. The number of rotatable bonds is 2. The summed E-state index contributed by atoms with van der Waals surface area (Å²) in [6, 6.07) is 0. The standard InChI is InChI=1S/C8H11Cl2N/c1-11-5-6-3-2-4-7(9)8(6)10/h3,11H,2,4-5H2,1H3. The molecular weight excluding hydrogens is 181 g/mol. The van der Waals surface area contributed by atoms with Gasteiger partial charge in [-0.25, -0.2) is 0 Å². The Hall–Kier alpha value is 0.0200. The summed E-state index contributed by atoms with van der Waals surface area (Å²) in [7, 11) is 1.90. The van der Waals surface area contributed by atoms with Crippen molar-refractivity contribution in [3.63, 3.8) is 0 Å². The average Bonchev–Trinajstić information content (AvgIpc) is 1.99. The zero-order valence-corrected chi connectivity index (χ0v) is 7.97. The number of hydrogen-bond acceptors (Lipinski definition) is 1. The SMILES string of the molecule is CNCC1=CCCC(Cl)=C1Cl. The lowest BCUT2D eigenvalue weighted by Gasteiger charge is -2.12. The molecule has 0 radical (unpaired) electrons. The minimum Gasteiger partial charge on any atom is -0.316 e. The first-order valence-corrected chi connectivity index (χ1v) is 4.39. The van der Waals surface area contributed by atoms with Gasteiger partial charge >= 0.3 is 0 Å². The smallest absolute Gasteiger partial charge is 0.0592 e. The van der Waals surface area contributed by atoms with E-state index in [2.05, 4.69) is 11.4 Å². The Bertz CT molecular complexity index is 206. The quantitative estimate of drug-likeness (QED) is 0.709. The van der Waals surface area contributed by atoms with Crippen molar-refractivity contribution in [2.24, 2.45) is 0 Å². The summed E-state index contributed by atoms with van der Waals surface area (Å²) in [6.45, 7) is 0.801. The Morgan fingerprint density at radius 3 is 2.91 bits per heavy atom. The van der Waals surface area contributed by atoms with Gasteiger partial charge in [0.1, 0.15) is 0 Å². The van der Waals surface area contributed by atoms with Gasteiger partial charge < -0.3 is 5.32 Å². The molecule has 0 saturated carbocycles. The van der Waals surface area contributed by atoms with Crippen LogP contribution in [0.5, 0.6) is 0 Å². The monoisotopic (exact) mass is 191 g/mol. The third-order valence-corrected chi connectivity index (χ3v) is 2.59. The lowest BCUT2D eigenvalue weighted by Crippen LogP contribution is -2.12. The van der Waals surface area contributed by atoms with Crippen molar-refractivity contribution in [1.29, 1.82) is 0 Å². The van der Waals surface area contributed by atoms with E-state index in [1.807, 2.05) is 7.05 Å². The fourth-order valence-corrected chi connectivity index (χ4v) is 1.56. The number of nitrogens with one attached hydrogen (secondary N) is 1. The van der Waals surface area contributed by atoms with Crippen LogP contribution in [0.25, 0.3) is 0 Å². The van der Waals surface area contributed by atoms with Crippen molar-refractivity contribution in [2.45, 2.75) is 12.8 Å². The second-order valence-corrected chi connectivity index (χ2v) is 3.35. The average molecular weight is 192 g/mol. The Morgan fingerprint density at radius 2 is 2.27 bits per heavy atom. The highest BCUT2D eigenvalue weighted by molar-refractivity contribution is 6.40. The van der Waals surface area contributed by atoms with Crippen LogP contribution in [-0.2, 0) is 0 Å². The zero-order valence-electron chi connectivity index (χ0n) is 6.45. The topological polar surface area (TPSA) is 12.0 Å². The van der Waals surface area contributed by atoms with Gasteiger partial charge in [0.15, 0.2) is 0 Å². The number of likely N-dealkylation sites (N-methyl/N-ethyl adjacent to an activating group) is 1. The second-order valence-electron chi connectivity index (χ2n) is 2.52.